The van der Waals surface area contributed by atoms with Crippen molar-refractivity contribution in [2.45, 2.75) is 65.8 Å². The van der Waals surface area contributed by atoms with Crippen molar-refractivity contribution in [2.75, 3.05) is 5.32 Å². The molecule has 0 spiro atoms. The predicted molar refractivity (Wildman–Crippen MR) is 169 cm³/mol. The van der Waals surface area contributed by atoms with Gasteiger partial charge < -0.3 is 40.6 Å². The summed E-state index contributed by atoms with van der Waals surface area (Å²) < 4.78 is 10.4. The summed E-state index contributed by atoms with van der Waals surface area (Å²) in [5.41, 5.74) is 1.29. The van der Waals surface area contributed by atoms with E-state index in [0.29, 0.717) is 10.9 Å². The average Bonchev–Trinajstić information content (AvgIpc) is 2.97. The summed E-state index contributed by atoms with van der Waals surface area (Å²) in [6.45, 7) is 7.55. The third kappa shape index (κ3) is 12.7. The fourth-order valence-electron chi connectivity index (χ4n) is 4.11. The van der Waals surface area contributed by atoms with Crippen LogP contribution in [-0.2, 0) is 35.3 Å². The highest BCUT2D eigenvalue weighted by molar-refractivity contribution is 6.01. The number of carbonyl (C=O) groups excluding carboxylic acids is 4. The molecule has 1 aromatic heterocycles. The number of aliphatic carboxylic acids is 2. The van der Waals surface area contributed by atoms with Crippen molar-refractivity contribution in [3.63, 3.8) is 0 Å². The first-order chi connectivity index (χ1) is 22.1. The Morgan fingerprint density at radius 1 is 0.851 bits per heavy atom. The van der Waals surface area contributed by atoms with Gasteiger partial charge in [-0.2, -0.15) is 0 Å². The lowest BCUT2D eigenvalue weighted by atomic mass is 10.0. The number of nitrogens with one attached hydrogen (secondary N) is 4. The Morgan fingerprint density at radius 3 is 2.09 bits per heavy atom. The number of hydrogen-bond donors (Lipinski definition) is 6. The van der Waals surface area contributed by atoms with Crippen molar-refractivity contribution >= 4 is 52.4 Å². The van der Waals surface area contributed by atoms with E-state index in [1.165, 1.54) is 19.1 Å². The number of benzene rings is 2. The van der Waals surface area contributed by atoms with Crippen LogP contribution in [0.1, 0.15) is 45.2 Å². The molecule has 3 atom stereocenters. The first kappa shape index (κ1) is 37.5. The summed E-state index contributed by atoms with van der Waals surface area (Å²) in [4.78, 5) is 83.3. The van der Waals surface area contributed by atoms with Gasteiger partial charge in [-0.15, -0.1) is 0 Å². The van der Waals surface area contributed by atoms with Crippen LogP contribution in [0.25, 0.3) is 11.0 Å². The molecule has 252 valence electrons. The smallest absolute Gasteiger partial charge is 0.408 e. The number of ether oxygens (including phenoxy) is 1. The number of hydrogen-bond acceptors (Lipinski definition) is 9. The number of amides is 4. The summed E-state index contributed by atoms with van der Waals surface area (Å²) >= 11 is 0. The molecular formula is C32H38N4O11. The van der Waals surface area contributed by atoms with Crippen LogP contribution >= 0.6 is 0 Å². The average molecular weight is 655 g/mol. The number of anilines is 1. The SMILES string of the molecule is CC(=O)O.Cc1cc(=O)oc2cc(NC(=O)[C@H](CC(=O)O)NC(=O)[C@H](C)NC(=O)[C@@H](NC(=O)OCc3ccccc3)C(C)C)ccc12. The second kappa shape index (κ2) is 17.7. The van der Waals surface area contributed by atoms with E-state index in [-0.39, 0.29) is 23.8 Å². The zero-order chi connectivity index (χ0) is 35.3. The van der Waals surface area contributed by atoms with E-state index in [1.807, 2.05) is 6.07 Å². The summed E-state index contributed by atoms with van der Waals surface area (Å²) in [7, 11) is 0. The maximum Gasteiger partial charge on any atom is 0.408 e. The maximum atomic E-state index is 13.0. The third-order valence-corrected chi connectivity index (χ3v) is 6.42. The lowest BCUT2D eigenvalue weighted by Gasteiger charge is -2.24. The molecule has 0 bridgehead atoms. The highest BCUT2D eigenvalue weighted by atomic mass is 16.5. The summed E-state index contributed by atoms with van der Waals surface area (Å²) in [6.07, 6.45) is -1.57. The van der Waals surface area contributed by atoms with Gasteiger partial charge in [0.25, 0.3) is 5.97 Å². The Bertz CT molecular complexity index is 1650. The van der Waals surface area contributed by atoms with Crippen molar-refractivity contribution in [1.29, 1.82) is 0 Å². The van der Waals surface area contributed by atoms with E-state index in [9.17, 15) is 33.9 Å². The van der Waals surface area contributed by atoms with Crippen LogP contribution in [0.15, 0.2) is 63.8 Å². The van der Waals surface area contributed by atoms with Crippen molar-refractivity contribution in [1.82, 2.24) is 16.0 Å². The van der Waals surface area contributed by atoms with Crippen LogP contribution in [-0.4, -0.2) is 64.1 Å². The zero-order valence-corrected chi connectivity index (χ0v) is 26.5. The zero-order valence-electron chi connectivity index (χ0n) is 26.5. The number of fused-ring (bicyclic) bond motifs is 1. The minimum absolute atomic E-state index is 0.00175. The third-order valence-electron chi connectivity index (χ3n) is 6.42. The van der Waals surface area contributed by atoms with Crippen molar-refractivity contribution in [3.8, 4) is 0 Å². The van der Waals surface area contributed by atoms with E-state index < -0.39 is 65.9 Å². The lowest BCUT2D eigenvalue weighted by Crippen LogP contribution is -2.56. The van der Waals surface area contributed by atoms with Crippen LogP contribution in [0.2, 0.25) is 0 Å². The van der Waals surface area contributed by atoms with Crippen molar-refractivity contribution < 1.29 is 48.1 Å². The van der Waals surface area contributed by atoms with Crippen molar-refractivity contribution in [3.05, 3.63) is 76.1 Å². The van der Waals surface area contributed by atoms with Crippen LogP contribution in [0, 0.1) is 12.8 Å². The number of carboxylic acids is 2. The lowest BCUT2D eigenvalue weighted by molar-refractivity contribution is -0.140. The quantitative estimate of drug-likeness (QED) is 0.155. The van der Waals surface area contributed by atoms with Gasteiger partial charge in [0.05, 0.1) is 6.42 Å². The molecule has 6 N–H and O–H groups in total. The number of carbonyl (C=O) groups is 6. The van der Waals surface area contributed by atoms with E-state index in [0.717, 1.165) is 12.5 Å². The molecule has 0 aliphatic rings. The molecule has 15 heteroatoms. The number of rotatable bonds is 12. The maximum absolute atomic E-state index is 13.0. The van der Waals surface area contributed by atoms with E-state index in [1.54, 1.807) is 57.2 Å². The van der Waals surface area contributed by atoms with Gasteiger partial charge in [-0.3, -0.25) is 24.0 Å². The molecule has 0 unspecified atom stereocenters. The van der Waals surface area contributed by atoms with Gasteiger partial charge in [0.1, 0.15) is 30.3 Å². The molecule has 0 aliphatic carbocycles. The normalized spacial score (nSPS) is 12.4. The number of alkyl carbamates (subject to hydrolysis) is 1. The van der Waals surface area contributed by atoms with Crippen LogP contribution in [0.3, 0.4) is 0 Å². The molecule has 4 amide bonds. The van der Waals surface area contributed by atoms with Gasteiger partial charge in [0.15, 0.2) is 0 Å². The van der Waals surface area contributed by atoms with Gasteiger partial charge in [-0.05, 0) is 43.0 Å². The predicted octanol–water partition coefficient (Wildman–Crippen LogP) is 2.55. The largest absolute Gasteiger partial charge is 0.481 e. The fourth-order valence-corrected chi connectivity index (χ4v) is 4.11. The second-order valence-corrected chi connectivity index (χ2v) is 10.8. The van der Waals surface area contributed by atoms with Gasteiger partial charge in [-0.1, -0.05) is 44.2 Å². The monoisotopic (exact) mass is 654 g/mol. The molecule has 0 fully saturated rings. The first-order valence-electron chi connectivity index (χ1n) is 14.4. The van der Waals surface area contributed by atoms with E-state index >= 15 is 0 Å². The Morgan fingerprint density at radius 2 is 1.49 bits per heavy atom. The van der Waals surface area contributed by atoms with Crippen molar-refractivity contribution in [2.24, 2.45) is 5.92 Å². The second-order valence-electron chi connectivity index (χ2n) is 10.8. The highest BCUT2D eigenvalue weighted by Crippen LogP contribution is 2.21. The Kier molecular flexibility index (Phi) is 14.1. The van der Waals surface area contributed by atoms with E-state index in [4.69, 9.17) is 19.1 Å². The molecule has 2 aromatic carbocycles. The molecule has 15 nitrogen and oxygen atoms in total. The Labute approximate surface area is 269 Å². The number of carboxylic acid groups (broad SMARTS) is 2. The molecular weight excluding hydrogens is 616 g/mol. The van der Waals surface area contributed by atoms with Crippen LogP contribution < -0.4 is 26.9 Å². The molecule has 47 heavy (non-hydrogen) atoms. The minimum Gasteiger partial charge on any atom is -0.481 e. The standard InChI is InChI=1S/C30H34N4O9.C2H4O2/c1-16(2)26(34-30(41)42-15-19-8-6-5-7-9-19)29(40)31-18(4)27(38)33-22(14-24(35)36)28(39)32-20-10-11-21-17(3)12-25(37)43-23(21)13-20;1-2(3)4/h5-13,16,18,22,26H,14-15H2,1-4H3,(H,31,40)(H,32,39)(H,33,38)(H,34,41)(H,35,36);1H3,(H,3,4)/t18-,22-,26-;/m0./s1. The number of aryl methyl sites for hydroxylation is 1. The van der Waals surface area contributed by atoms with Gasteiger partial charge >= 0.3 is 17.7 Å². The Hall–Kier alpha value is -5.73. The summed E-state index contributed by atoms with van der Waals surface area (Å²) in [5.74, 6) is -4.91. The van der Waals surface area contributed by atoms with E-state index in [2.05, 4.69) is 21.3 Å². The molecule has 0 aliphatic heterocycles. The highest BCUT2D eigenvalue weighted by Gasteiger charge is 2.30. The molecule has 3 rings (SSSR count). The van der Waals surface area contributed by atoms with Gasteiger partial charge in [0, 0.05) is 30.1 Å². The van der Waals surface area contributed by atoms with Crippen LogP contribution in [0.4, 0.5) is 10.5 Å². The molecule has 0 saturated carbocycles. The van der Waals surface area contributed by atoms with Gasteiger partial charge in [0.2, 0.25) is 17.7 Å². The summed E-state index contributed by atoms with van der Waals surface area (Å²) in [6, 6.07) is 11.1. The summed E-state index contributed by atoms with van der Waals surface area (Å²) in [5, 5.41) is 27.2. The Balaban J connectivity index is 0.00000181. The molecule has 1 heterocycles. The van der Waals surface area contributed by atoms with Gasteiger partial charge in [-0.25, -0.2) is 9.59 Å². The minimum atomic E-state index is -1.50. The molecule has 0 saturated heterocycles. The fraction of sp³-hybridized carbons (Fsp3) is 0.344. The molecule has 0 radical (unpaired) electrons. The molecule has 3 aromatic rings. The topological polar surface area (TPSA) is 230 Å². The van der Waals surface area contributed by atoms with Crippen LogP contribution in [0.5, 0.6) is 0 Å². The first-order valence-corrected chi connectivity index (χ1v) is 14.4.